The van der Waals surface area contributed by atoms with Gasteiger partial charge in [-0.2, -0.15) is 0 Å². The number of anilines is 1. The smallest absolute Gasteiger partial charge is 0.328 e. The van der Waals surface area contributed by atoms with E-state index < -0.39 is 23.0 Å². The lowest BCUT2D eigenvalue weighted by molar-refractivity contribution is -0.384. The number of rotatable bonds is 3. The Labute approximate surface area is 119 Å². The number of ether oxygens (including phenoxy) is 1. The molecule has 1 heterocycles. The predicted molar refractivity (Wildman–Crippen MR) is 71.9 cm³/mol. The van der Waals surface area contributed by atoms with Crippen molar-refractivity contribution >= 4 is 28.9 Å². The summed E-state index contributed by atoms with van der Waals surface area (Å²) in [6.45, 7) is 0.127. The molecule has 1 aromatic rings. The normalized spacial score (nSPS) is 21.9. The van der Waals surface area contributed by atoms with Crippen LogP contribution in [0.4, 0.5) is 11.4 Å². The number of carbonyl (C=O) groups excluding carboxylic acids is 1. The molecule has 20 heavy (non-hydrogen) atoms. The predicted octanol–water partition coefficient (Wildman–Crippen LogP) is 1.36. The van der Waals surface area contributed by atoms with E-state index >= 15 is 0 Å². The zero-order chi connectivity index (χ0) is 14.9. The van der Waals surface area contributed by atoms with Crippen LogP contribution in [0, 0.1) is 10.1 Å². The summed E-state index contributed by atoms with van der Waals surface area (Å²) >= 11 is 5.76. The molecule has 0 bridgehead atoms. The van der Waals surface area contributed by atoms with Gasteiger partial charge in [-0.3, -0.25) is 10.1 Å². The Kier molecular flexibility index (Phi) is 4.10. The van der Waals surface area contributed by atoms with Gasteiger partial charge in [-0.15, -0.1) is 0 Å². The van der Waals surface area contributed by atoms with Crippen LogP contribution in [0.3, 0.4) is 0 Å². The van der Waals surface area contributed by atoms with Gasteiger partial charge >= 0.3 is 5.97 Å². The molecule has 8 heteroatoms. The molecule has 0 aromatic heterocycles. The van der Waals surface area contributed by atoms with Gasteiger partial charge in [0, 0.05) is 24.1 Å². The summed E-state index contributed by atoms with van der Waals surface area (Å²) in [4.78, 5) is 23.7. The van der Waals surface area contributed by atoms with Crippen molar-refractivity contribution in [3.63, 3.8) is 0 Å². The monoisotopic (exact) mass is 300 g/mol. The highest BCUT2D eigenvalue weighted by atomic mass is 35.5. The standard InChI is InChI=1S/C12H13ClN2O5/c1-20-12(17)11-5-8(16)6-14(11)9-3-2-7(13)4-10(9)15(18)19/h2-4,8,11,16H,5-6H2,1H3/t8-,11+/m1/s1. The van der Waals surface area contributed by atoms with Crippen LogP contribution in [-0.2, 0) is 9.53 Å². The zero-order valence-corrected chi connectivity index (χ0v) is 11.4. The van der Waals surface area contributed by atoms with Crippen molar-refractivity contribution in [1.29, 1.82) is 0 Å². The molecule has 0 unspecified atom stereocenters. The number of aliphatic hydroxyl groups is 1. The molecule has 0 saturated carbocycles. The molecule has 0 radical (unpaired) electrons. The van der Waals surface area contributed by atoms with Gasteiger partial charge in [-0.25, -0.2) is 4.79 Å². The van der Waals surface area contributed by atoms with Crippen molar-refractivity contribution in [3.8, 4) is 0 Å². The summed E-state index contributed by atoms with van der Waals surface area (Å²) in [5.41, 5.74) is 0.0341. The Morgan fingerprint density at radius 2 is 2.30 bits per heavy atom. The number of nitrogens with zero attached hydrogens (tertiary/aromatic N) is 2. The lowest BCUT2D eigenvalue weighted by atomic mass is 10.2. The molecule has 108 valence electrons. The summed E-state index contributed by atoms with van der Waals surface area (Å²) in [6, 6.07) is 3.45. The highest BCUT2D eigenvalue weighted by molar-refractivity contribution is 6.30. The van der Waals surface area contributed by atoms with Crippen LogP contribution in [0.1, 0.15) is 6.42 Å². The van der Waals surface area contributed by atoms with Gasteiger partial charge < -0.3 is 14.7 Å². The maximum absolute atomic E-state index is 11.7. The molecule has 2 rings (SSSR count). The van der Waals surface area contributed by atoms with E-state index in [4.69, 9.17) is 11.6 Å². The van der Waals surface area contributed by atoms with Crippen LogP contribution >= 0.6 is 11.6 Å². The minimum Gasteiger partial charge on any atom is -0.467 e. The van der Waals surface area contributed by atoms with Crippen molar-refractivity contribution in [2.24, 2.45) is 0 Å². The third kappa shape index (κ3) is 2.68. The average molecular weight is 301 g/mol. The number of benzene rings is 1. The third-order valence-electron chi connectivity index (χ3n) is 3.20. The van der Waals surface area contributed by atoms with Gasteiger partial charge in [0.1, 0.15) is 11.7 Å². The van der Waals surface area contributed by atoms with Crippen LogP contribution in [0.5, 0.6) is 0 Å². The second-order valence-electron chi connectivity index (χ2n) is 4.47. The number of aliphatic hydroxyl groups excluding tert-OH is 1. The van der Waals surface area contributed by atoms with Crippen molar-refractivity contribution in [2.45, 2.75) is 18.6 Å². The van der Waals surface area contributed by atoms with Crippen molar-refractivity contribution in [1.82, 2.24) is 0 Å². The lowest BCUT2D eigenvalue weighted by Crippen LogP contribution is -2.37. The molecular weight excluding hydrogens is 288 g/mol. The van der Waals surface area contributed by atoms with Crippen LogP contribution in [-0.4, -0.2) is 41.8 Å². The van der Waals surface area contributed by atoms with E-state index in [0.717, 1.165) is 0 Å². The third-order valence-corrected chi connectivity index (χ3v) is 3.43. The Bertz CT molecular complexity index is 551. The van der Waals surface area contributed by atoms with Gasteiger partial charge in [0.25, 0.3) is 5.69 Å². The van der Waals surface area contributed by atoms with Gasteiger partial charge in [-0.1, -0.05) is 11.6 Å². The second-order valence-corrected chi connectivity index (χ2v) is 4.91. The van der Waals surface area contributed by atoms with E-state index in [0.29, 0.717) is 0 Å². The summed E-state index contributed by atoms with van der Waals surface area (Å²) in [5.74, 6) is -0.536. The van der Waals surface area contributed by atoms with Crippen LogP contribution in [0.25, 0.3) is 0 Å². The zero-order valence-electron chi connectivity index (χ0n) is 10.7. The molecule has 1 fully saturated rings. The summed E-state index contributed by atoms with van der Waals surface area (Å²) in [7, 11) is 1.24. The van der Waals surface area contributed by atoms with Gasteiger partial charge in [-0.05, 0) is 12.1 Å². The molecule has 1 N–H and O–H groups in total. The molecular formula is C12H13ClN2O5. The molecule has 0 amide bonds. The first-order valence-electron chi connectivity index (χ1n) is 5.90. The molecule has 0 spiro atoms. The lowest BCUT2D eigenvalue weighted by Gasteiger charge is -2.24. The van der Waals surface area contributed by atoms with Crippen molar-refractivity contribution < 1.29 is 19.6 Å². The highest BCUT2D eigenvalue weighted by Crippen LogP contribution is 2.35. The van der Waals surface area contributed by atoms with E-state index in [9.17, 15) is 20.0 Å². The van der Waals surface area contributed by atoms with Crippen LogP contribution in [0.2, 0.25) is 5.02 Å². The summed E-state index contributed by atoms with van der Waals surface area (Å²) in [6.07, 6.45) is -0.568. The van der Waals surface area contributed by atoms with Crippen LogP contribution < -0.4 is 4.90 Å². The second kappa shape index (κ2) is 5.64. The number of halogens is 1. The number of esters is 1. The Hall–Kier alpha value is -1.86. The first kappa shape index (κ1) is 14.5. The maximum Gasteiger partial charge on any atom is 0.328 e. The number of hydrogen-bond acceptors (Lipinski definition) is 6. The molecule has 1 aliphatic rings. The van der Waals surface area contributed by atoms with E-state index in [1.807, 2.05) is 0 Å². The minimum atomic E-state index is -0.741. The summed E-state index contributed by atoms with van der Waals surface area (Å²) in [5, 5.41) is 21.0. The molecule has 0 aliphatic carbocycles. The fourth-order valence-corrected chi connectivity index (χ4v) is 2.49. The Balaban J connectivity index is 2.43. The number of nitro groups is 1. The van der Waals surface area contributed by atoms with Gasteiger partial charge in [0.15, 0.2) is 0 Å². The van der Waals surface area contributed by atoms with Crippen molar-refractivity contribution in [2.75, 3.05) is 18.6 Å². The number of hydrogen-bond donors (Lipinski definition) is 1. The molecule has 2 atom stereocenters. The maximum atomic E-state index is 11.7. The largest absolute Gasteiger partial charge is 0.467 e. The molecule has 1 aliphatic heterocycles. The fraction of sp³-hybridized carbons (Fsp3) is 0.417. The number of methoxy groups -OCH3 is 1. The number of carbonyl (C=O) groups is 1. The number of β-amino-alcohol motifs (C(OH)–C–C–N with tert-alkyl or cyclic N) is 1. The van der Waals surface area contributed by atoms with E-state index in [1.165, 1.54) is 30.2 Å². The highest BCUT2D eigenvalue weighted by Gasteiger charge is 2.39. The quantitative estimate of drug-likeness (QED) is 0.515. The average Bonchev–Trinajstić information content (AvgIpc) is 2.79. The Morgan fingerprint density at radius 3 is 2.90 bits per heavy atom. The van der Waals surface area contributed by atoms with Crippen molar-refractivity contribution in [3.05, 3.63) is 33.3 Å². The Morgan fingerprint density at radius 1 is 1.60 bits per heavy atom. The first-order valence-corrected chi connectivity index (χ1v) is 6.28. The van der Waals surface area contributed by atoms with E-state index in [2.05, 4.69) is 4.74 Å². The van der Waals surface area contributed by atoms with Gasteiger partial charge in [0.05, 0.1) is 18.1 Å². The molecule has 7 nitrogen and oxygen atoms in total. The topological polar surface area (TPSA) is 92.9 Å². The number of nitro benzene ring substituents is 1. The van der Waals surface area contributed by atoms with E-state index in [1.54, 1.807) is 0 Å². The first-order chi connectivity index (χ1) is 9.43. The minimum absolute atomic E-state index is 0.127. The summed E-state index contributed by atoms with van der Waals surface area (Å²) < 4.78 is 4.67. The van der Waals surface area contributed by atoms with Crippen LogP contribution in [0.15, 0.2) is 18.2 Å². The van der Waals surface area contributed by atoms with Gasteiger partial charge in [0.2, 0.25) is 0 Å². The SMILES string of the molecule is COC(=O)[C@@H]1C[C@@H](O)CN1c1ccc(Cl)cc1[N+](=O)[O-]. The molecule has 1 saturated heterocycles. The molecule has 1 aromatic carbocycles. The fourth-order valence-electron chi connectivity index (χ4n) is 2.33. The van der Waals surface area contributed by atoms with E-state index in [-0.39, 0.29) is 29.4 Å².